The highest BCUT2D eigenvalue weighted by atomic mass is 35.5. The minimum Gasteiger partial charge on any atom is -0.377 e. The first kappa shape index (κ1) is 22.2. The van der Waals surface area contributed by atoms with Gasteiger partial charge >= 0.3 is 0 Å². The number of nitrogens with zero attached hydrogens (tertiary/aromatic N) is 1. The molecule has 0 aromatic heterocycles. The van der Waals surface area contributed by atoms with E-state index in [4.69, 9.17) is 23.2 Å². The Morgan fingerprint density at radius 1 is 0.931 bits per heavy atom. The van der Waals surface area contributed by atoms with Crippen LogP contribution < -0.4 is 9.62 Å². The Bertz CT molecular complexity index is 1100. The second-order valence-electron chi connectivity index (χ2n) is 6.67. The molecule has 0 spiro atoms. The first-order valence-electron chi connectivity index (χ1n) is 9.00. The number of hydrogen-bond acceptors (Lipinski definition) is 4. The van der Waals surface area contributed by atoms with E-state index in [-0.39, 0.29) is 4.90 Å². The first-order valence-corrected chi connectivity index (χ1v) is 12.4. The summed E-state index contributed by atoms with van der Waals surface area (Å²) in [4.78, 5) is 2.26. The van der Waals surface area contributed by atoms with E-state index >= 15 is 0 Å². The van der Waals surface area contributed by atoms with Crippen molar-refractivity contribution in [3.05, 3.63) is 70.2 Å². The summed E-state index contributed by atoms with van der Waals surface area (Å²) in [5.74, 6) is 1.23. The molecule has 3 aromatic rings. The third-order valence-corrected chi connectivity index (χ3v) is 7.69. The van der Waals surface area contributed by atoms with Gasteiger partial charge in [-0.05, 0) is 29.8 Å². The Balaban J connectivity index is 1.68. The van der Waals surface area contributed by atoms with Crippen molar-refractivity contribution in [1.29, 1.82) is 0 Å². The second kappa shape index (κ2) is 9.58. The molecule has 29 heavy (non-hydrogen) atoms. The number of sulfonamides is 1. The molecule has 0 bridgehead atoms. The summed E-state index contributed by atoms with van der Waals surface area (Å²) in [6.07, 6.45) is 0. The molecule has 0 aliphatic heterocycles. The van der Waals surface area contributed by atoms with Crippen LogP contribution in [0.2, 0.25) is 10.0 Å². The maximum Gasteiger partial charge on any atom is 0.241 e. The SMILES string of the molecule is CN(C)c1cccc2c(S(=O)(=O)NCCSCc3c(Cl)cccc3Cl)cccc12. The van der Waals surface area contributed by atoms with Crippen LogP contribution in [0, 0.1) is 0 Å². The minimum absolute atomic E-state index is 0.290. The van der Waals surface area contributed by atoms with Gasteiger partial charge in [-0.3, -0.25) is 0 Å². The molecular weight excluding hydrogens is 447 g/mol. The van der Waals surface area contributed by atoms with Crippen LogP contribution in [-0.4, -0.2) is 34.8 Å². The van der Waals surface area contributed by atoms with Gasteiger partial charge < -0.3 is 4.90 Å². The molecule has 0 radical (unpaired) electrons. The molecule has 3 aromatic carbocycles. The molecule has 3 rings (SSSR count). The quantitative estimate of drug-likeness (QED) is 0.448. The van der Waals surface area contributed by atoms with Crippen molar-refractivity contribution in [2.75, 3.05) is 31.3 Å². The zero-order chi connectivity index (χ0) is 21.0. The van der Waals surface area contributed by atoms with E-state index in [9.17, 15) is 8.42 Å². The number of halogens is 2. The summed E-state index contributed by atoms with van der Waals surface area (Å²) in [6.45, 7) is 0.318. The van der Waals surface area contributed by atoms with Crippen molar-refractivity contribution in [2.45, 2.75) is 10.6 Å². The van der Waals surface area contributed by atoms with Gasteiger partial charge in [0, 0.05) is 58.7 Å². The van der Waals surface area contributed by atoms with E-state index in [0.29, 0.717) is 33.5 Å². The molecule has 0 saturated carbocycles. The summed E-state index contributed by atoms with van der Waals surface area (Å²) >= 11 is 13.9. The molecular formula is C21H22Cl2N2O2S2. The van der Waals surface area contributed by atoms with Crippen molar-refractivity contribution >= 4 is 61.4 Å². The van der Waals surface area contributed by atoms with Gasteiger partial charge in [0.05, 0.1) is 4.90 Å². The molecule has 0 heterocycles. The van der Waals surface area contributed by atoms with Gasteiger partial charge in [-0.15, -0.1) is 0 Å². The van der Waals surface area contributed by atoms with Gasteiger partial charge in [0.1, 0.15) is 0 Å². The van der Waals surface area contributed by atoms with Crippen molar-refractivity contribution in [1.82, 2.24) is 4.72 Å². The lowest BCUT2D eigenvalue weighted by molar-refractivity contribution is 0.585. The van der Waals surface area contributed by atoms with Gasteiger partial charge in [0.2, 0.25) is 10.0 Å². The molecule has 0 saturated heterocycles. The largest absolute Gasteiger partial charge is 0.377 e. The van der Waals surface area contributed by atoms with E-state index in [0.717, 1.165) is 16.6 Å². The highest BCUT2D eigenvalue weighted by molar-refractivity contribution is 7.98. The van der Waals surface area contributed by atoms with Crippen LogP contribution in [-0.2, 0) is 15.8 Å². The molecule has 4 nitrogen and oxygen atoms in total. The second-order valence-corrected chi connectivity index (χ2v) is 10.3. The molecule has 8 heteroatoms. The highest BCUT2D eigenvalue weighted by Crippen LogP contribution is 2.30. The molecule has 0 amide bonds. The standard InChI is InChI=1S/C21H22Cl2N2O2S2/c1-25(2)20-10-3-7-16-15(20)6-4-11-21(16)29(26,27)24-12-13-28-14-17-18(22)8-5-9-19(17)23/h3-11,24H,12-14H2,1-2H3. The average molecular weight is 469 g/mol. The van der Waals surface area contributed by atoms with E-state index in [1.54, 1.807) is 42.1 Å². The van der Waals surface area contributed by atoms with E-state index in [1.807, 2.05) is 43.3 Å². The fraction of sp³-hybridized carbons (Fsp3) is 0.238. The molecule has 154 valence electrons. The van der Waals surface area contributed by atoms with Gasteiger partial charge in [-0.2, -0.15) is 11.8 Å². The molecule has 0 unspecified atom stereocenters. The normalized spacial score (nSPS) is 11.7. The predicted molar refractivity (Wildman–Crippen MR) is 126 cm³/mol. The molecule has 0 atom stereocenters. The number of nitrogens with one attached hydrogen (secondary N) is 1. The Morgan fingerprint density at radius 2 is 1.55 bits per heavy atom. The fourth-order valence-corrected chi connectivity index (χ4v) is 6.04. The number of rotatable bonds is 8. The molecule has 1 N–H and O–H groups in total. The highest BCUT2D eigenvalue weighted by Gasteiger charge is 2.18. The zero-order valence-corrected chi connectivity index (χ0v) is 19.3. The van der Waals surface area contributed by atoms with Gasteiger partial charge in [0.25, 0.3) is 0 Å². The molecule has 0 aliphatic carbocycles. The topological polar surface area (TPSA) is 49.4 Å². The third-order valence-electron chi connectivity index (χ3n) is 4.48. The van der Waals surface area contributed by atoms with Gasteiger partial charge in [-0.25, -0.2) is 13.1 Å². The van der Waals surface area contributed by atoms with Crippen molar-refractivity contribution in [3.8, 4) is 0 Å². The average Bonchev–Trinajstić information content (AvgIpc) is 2.68. The van der Waals surface area contributed by atoms with E-state index in [1.165, 1.54) is 0 Å². The zero-order valence-electron chi connectivity index (χ0n) is 16.2. The molecule has 0 aliphatic rings. The summed E-state index contributed by atoms with van der Waals surface area (Å²) in [7, 11) is 0.258. The van der Waals surface area contributed by atoms with Crippen molar-refractivity contribution in [2.24, 2.45) is 0 Å². The maximum absolute atomic E-state index is 12.9. The number of benzene rings is 3. The van der Waals surface area contributed by atoms with Crippen molar-refractivity contribution in [3.63, 3.8) is 0 Å². The fourth-order valence-electron chi connectivity index (χ4n) is 3.06. The third kappa shape index (κ3) is 5.19. The summed E-state index contributed by atoms with van der Waals surface area (Å²) in [6, 6.07) is 16.4. The number of anilines is 1. The van der Waals surface area contributed by atoms with Crippen LogP contribution in [0.5, 0.6) is 0 Å². The number of thioether (sulfide) groups is 1. The van der Waals surface area contributed by atoms with Gasteiger partial charge in [-0.1, -0.05) is 53.5 Å². The minimum atomic E-state index is -3.62. The monoisotopic (exact) mass is 468 g/mol. The maximum atomic E-state index is 12.9. The lowest BCUT2D eigenvalue weighted by Crippen LogP contribution is -2.26. The predicted octanol–water partition coefficient (Wildman–Crippen LogP) is 5.42. The van der Waals surface area contributed by atoms with Crippen LogP contribution >= 0.6 is 35.0 Å². The Kier molecular flexibility index (Phi) is 7.35. The van der Waals surface area contributed by atoms with Crippen LogP contribution in [0.3, 0.4) is 0 Å². The Labute approximate surface area is 186 Å². The summed E-state index contributed by atoms with van der Waals surface area (Å²) in [5.41, 5.74) is 1.85. The smallest absolute Gasteiger partial charge is 0.241 e. The first-order chi connectivity index (χ1) is 13.8. The van der Waals surface area contributed by atoms with Gasteiger partial charge in [0.15, 0.2) is 0 Å². The number of hydrogen-bond donors (Lipinski definition) is 1. The van der Waals surface area contributed by atoms with Crippen LogP contribution in [0.1, 0.15) is 5.56 Å². The molecule has 0 fully saturated rings. The summed E-state index contributed by atoms with van der Waals surface area (Å²) < 4.78 is 28.5. The van der Waals surface area contributed by atoms with Crippen LogP contribution in [0.15, 0.2) is 59.5 Å². The number of fused-ring (bicyclic) bond motifs is 1. The van der Waals surface area contributed by atoms with Crippen LogP contribution in [0.4, 0.5) is 5.69 Å². The van der Waals surface area contributed by atoms with E-state index < -0.39 is 10.0 Å². The Morgan fingerprint density at radius 3 is 2.24 bits per heavy atom. The lowest BCUT2D eigenvalue weighted by Gasteiger charge is -2.17. The van der Waals surface area contributed by atoms with Crippen LogP contribution in [0.25, 0.3) is 10.8 Å². The van der Waals surface area contributed by atoms with E-state index in [2.05, 4.69) is 4.72 Å². The summed E-state index contributed by atoms with van der Waals surface area (Å²) in [5, 5.41) is 2.86. The van der Waals surface area contributed by atoms with Crippen molar-refractivity contribution < 1.29 is 8.42 Å². The Hall–Kier alpha value is -1.44. The lowest BCUT2D eigenvalue weighted by atomic mass is 10.1.